The van der Waals surface area contributed by atoms with Gasteiger partial charge in [-0.15, -0.1) is 0 Å². The maximum Gasteiger partial charge on any atom is 0.112 e. The number of aliphatic hydroxyl groups excluding tert-OH is 2. The van der Waals surface area contributed by atoms with Gasteiger partial charge in [-0.25, -0.2) is 0 Å². The van der Waals surface area contributed by atoms with Crippen LogP contribution in [0, 0.1) is 5.92 Å². The van der Waals surface area contributed by atoms with Crippen LogP contribution in [0.1, 0.15) is 33.1 Å². The molecule has 0 amide bonds. The van der Waals surface area contributed by atoms with Crippen molar-refractivity contribution in [2.45, 2.75) is 45.2 Å². The predicted molar refractivity (Wildman–Crippen MR) is 78.0 cm³/mol. The van der Waals surface area contributed by atoms with Gasteiger partial charge in [-0.1, -0.05) is 38.0 Å². The van der Waals surface area contributed by atoms with Gasteiger partial charge in [0.1, 0.15) is 5.76 Å². The van der Waals surface area contributed by atoms with Crippen LogP contribution < -0.4 is 5.32 Å². The molecule has 1 heterocycles. The molecule has 1 aliphatic heterocycles. The Balaban J connectivity index is 2.23. The van der Waals surface area contributed by atoms with Crippen LogP contribution in [0.2, 0.25) is 0 Å². The average molecular weight is 261 g/mol. The van der Waals surface area contributed by atoms with Crippen molar-refractivity contribution in [2.75, 3.05) is 0 Å². The lowest BCUT2D eigenvalue weighted by molar-refractivity contribution is 0.292. The molecular formula is C16H23NO2. The van der Waals surface area contributed by atoms with E-state index in [1.165, 1.54) is 5.57 Å². The summed E-state index contributed by atoms with van der Waals surface area (Å²) in [5, 5.41) is 23.3. The predicted octanol–water partition coefficient (Wildman–Crippen LogP) is 3.53. The third kappa shape index (κ3) is 3.10. The minimum Gasteiger partial charge on any atom is -0.512 e. The Kier molecular flexibility index (Phi) is 4.48. The molecule has 0 saturated heterocycles. The zero-order valence-corrected chi connectivity index (χ0v) is 11.6. The number of hydrogen-bond donors (Lipinski definition) is 3. The lowest BCUT2D eigenvalue weighted by Gasteiger charge is -2.34. The Labute approximate surface area is 115 Å². The molecule has 0 aromatic rings. The van der Waals surface area contributed by atoms with Gasteiger partial charge >= 0.3 is 0 Å². The van der Waals surface area contributed by atoms with Crippen LogP contribution in [-0.4, -0.2) is 22.3 Å². The largest absolute Gasteiger partial charge is 0.512 e. The van der Waals surface area contributed by atoms with Crippen molar-refractivity contribution in [1.29, 1.82) is 0 Å². The van der Waals surface area contributed by atoms with Crippen molar-refractivity contribution in [3.05, 3.63) is 47.5 Å². The average Bonchev–Trinajstić information content (AvgIpc) is 2.37. The topological polar surface area (TPSA) is 52.5 Å². The number of hydrogen-bond acceptors (Lipinski definition) is 3. The summed E-state index contributed by atoms with van der Waals surface area (Å²) in [7, 11) is 0. The monoisotopic (exact) mass is 261 g/mol. The van der Waals surface area contributed by atoms with E-state index in [1.807, 2.05) is 12.2 Å². The maximum atomic E-state index is 10.2. The highest BCUT2D eigenvalue weighted by molar-refractivity contribution is 5.34. The molecule has 19 heavy (non-hydrogen) atoms. The summed E-state index contributed by atoms with van der Waals surface area (Å²) in [5.74, 6) is 0.599. The van der Waals surface area contributed by atoms with Crippen molar-refractivity contribution in [2.24, 2.45) is 5.92 Å². The molecule has 104 valence electrons. The first-order valence-electron chi connectivity index (χ1n) is 7.10. The fourth-order valence-electron chi connectivity index (χ4n) is 2.79. The Hall–Kier alpha value is -1.48. The lowest BCUT2D eigenvalue weighted by Crippen LogP contribution is -2.46. The standard InChI is InChI=1S/C16H23NO2/c1-3-5-11(6-4-2)14-10-16(19)13-8-7-12(18)9-15(13)17-14/h5,7-10,13-15,17-19H,3-4,6H2,1-2H3/b11-5+. The number of aliphatic hydroxyl groups is 2. The highest BCUT2D eigenvalue weighted by atomic mass is 16.3. The summed E-state index contributed by atoms with van der Waals surface area (Å²) in [6.45, 7) is 4.29. The van der Waals surface area contributed by atoms with E-state index in [4.69, 9.17) is 0 Å². The van der Waals surface area contributed by atoms with E-state index in [2.05, 4.69) is 25.2 Å². The van der Waals surface area contributed by atoms with E-state index < -0.39 is 0 Å². The van der Waals surface area contributed by atoms with Gasteiger partial charge in [0.25, 0.3) is 0 Å². The molecule has 1 aliphatic carbocycles. The molecule has 0 radical (unpaired) electrons. The third-order valence-electron chi connectivity index (χ3n) is 3.67. The first-order chi connectivity index (χ1) is 9.15. The molecule has 0 aromatic heterocycles. The van der Waals surface area contributed by atoms with Crippen LogP contribution in [0.15, 0.2) is 47.5 Å². The molecular weight excluding hydrogens is 238 g/mol. The zero-order chi connectivity index (χ0) is 13.8. The molecule has 3 N–H and O–H groups in total. The summed E-state index contributed by atoms with van der Waals surface area (Å²) < 4.78 is 0. The van der Waals surface area contributed by atoms with E-state index in [1.54, 1.807) is 12.2 Å². The summed E-state index contributed by atoms with van der Waals surface area (Å²) >= 11 is 0. The van der Waals surface area contributed by atoms with Gasteiger partial charge in [0.15, 0.2) is 0 Å². The summed E-state index contributed by atoms with van der Waals surface area (Å²) in [6, 6.07) is 0.0359. The van der Waals surface area contributed by atoms with E-state index in [0.717, 1.165) is 19.3 Å². The highest BCUT2D eigenvalue weighted by Crippen LogP contribution is 2.29. The first kappa shape index (κ1) is 13.9. The van der Waals surface area contributed by atoms with E-state index in [-0.39, 0.29) is 23.8 Å². The molecule has 0 saturated carbocycles. The Morgan fingerprint density at radius 3 is 2.79 bits per heavy atom. The Morgan fingerprint density at radius 1 is 1.32 bits per heavy atom. The molecule has 2 aliphatic rings. The fourth-order valence-corrected chi connectivity index (χ4v) is 2.79. The Morgan fingerprint density at radius 2 is 2.11 bits per heavy atom. The SMILES string of the molecule is CC/C=C(\CCC)C1C=C(O)C2C=CC(O)=CC2N1. The molecule has 0 bridgehead atoms. The molecule has 3 heteroatoms. The second-order valence-electron chi connectivity index (χ2n) is 5.18. The van der Waals surface area contributed by atoms with Gasteiger partial charge in [0, 0.05) is 6.04 Å². The van der Waals surface area contributed by atoms with Crippen LogP contribution in [0.5, 0.6) is 0 Å². The normalized spacial score (nSPS) is 30.6. The van der Waals surface area contributed by atoms with Gasteiger partial charge in [-0.3, -0.25) is 5.32 Å². The number of nitrogens with one attached hydrogen (secondary N) is 1. The van der Waals surface area contributed by atoms with E-state index in [9.17, 15) is 10.2 Å². The molecule has 3 nitrogen and oxygen atoms in total. The molecule has 3 atom stereocenters. The number of fused-ring (bicyclic) bond motifs is 1. The third-order valence-corrected chi connectivity index (χ3v) is 3.67. The van der Waals surface area contributed by atoms with Gasteiger partial charge in [-0.2, -0.15) is 0 Å². The quantitative estimate of drug-likeness (QED) is 0.678. The second-order valence-corrected chi connectivity index (χ2v) is 5.18. The zero-order valence-electron chi connectivity index (χ0n) is 11.6. The van der Waals surface area contributed by atoms with Gasteiger partial charge in [0.05, 0.1) is 17.7 Å². The molecule has 0 aromatic carbocycles. The van der Waals surface area contributed by atoms with Gasteiger partial charge < -0.3 is 10.2 Å². The summed E-state index contributed by atoms with van der Waals surface area (Å²) in [6.07, 6.45) is 12.5. The van der Waals surface area contributed by atoms with Crippen LogP contribution in [0.4, 0.5) is 0 Å². The Bertz CT molecular complexity index is 446. The molecule has 0 fully saturated rings. The van der Waals surface area contributed by atoms with Crippen molar-refractivity contribution in [3.63, 3.8) is 0 Å². The fraction of sp³-hybridized carbons (Fsp3) is 0.500. The number of allylic oxidation sites excluding steroid dienone is 2. The van der Waals surface area contributed by atoms with Crippen LogP contribution in [0.3, 0.4) is 0 Å². The first-order valence-corrected chi connectivity index (χ1v) is 7.10. The van der Waals surface area contributed by atoms with Crippen molar-refractivity contribution in [1.82, 2.24) is 5.32 Å². The van der Waals surface area contributed by atoms with Crippen LogP contribution in [0.25, 0.3) is 0 Å². The maximum absolute atomic E-state index is 10.2. The molecule has 0 spiro atoms. The van der Waals surface area contributed by atoms with Crippen LogP contribution in [-0.2, 0) is 0 Å². The lowest BCUT2D eigenvalue weighted by atomic mass is 9.85. The van der Waals surface area contributed by atoms with Crippen molar-refractivity contribution >= 4 is 0 Å². The van der Waals surface area contributed by atoms with Crippen LogP contribution >= 0.6 is 0 Å². The number of rotatable bonds is 4. The van der Waals surface area contributed by atoms with Crippen molar-refractivity contribution < 1.29 is 10.2 Å². The van der Waals surface area contributed by atoms with E-state index >= 15 is 0 Å². The van der Waals surface area contributed by atoms with Gasteiger partial charge in [-0.05, 0) is 31.1 Å². The smallest absolute Gasteiger partial charge is 0.112 e. The van der Waals surface area contributed by atoms with Gasteiger partial charge in [0.2, 0.25) is 0 Å². The summed E-state index contributed by atoms with van der Waals surface area (Å²) in [5.41, 5.74) is 1.32. The summed E-state index contributed by atoms with van der Waals surface area (Å²) in [4.78, 5) is 0. The molecule has 2 rings (SSSR count). The minimum absolute atomic E-state index is 0.0305. The minimum atomic E-state index is -0.0587. The molecule has 3 unspecified atom stereocenters. The second kappa shape index (κ2) is 6.11. The van der Waals surface area contributed by atoms with E-state index in [0.29, 0.717) is 5.76 Å². The van der Waals surface area contributed by atoms with Crippen molar-refractivity contribution in [3.8, 4) is 0 Å². The highest BCUT2D eigenvalue weighted by Gasteiger charge is 2.31.